The highest BCUT2D eigenvalue weighted by Crippen LogP contribution is 2.68. The highest BCUT2D eigenvalue weighted by atomic mass is 16.3. The van der Waals surface area contributed by atoms with Gasteiger partial charge in [-0.15, -0.1) is 0 Å². The second-order valence-corrected chi connectivity index (χ2v) is 10.5. The maximum absolute atomic E-state index is 12.5. The molecule has 5 unspecified atom stereocenters. The van der Waals surface area contributed by atoms with Gasteiger partial charge >= 0.3 is 0 Å². The first-order valence-electron chi connectivity index (χ1n) is 10.0. The smallest absolute Gasteiger partial charge is 0.142 e. The van der Waals surface area contributed by atoms with Gasteiger partial charge in [-0.05, 0) is 87.9 Å². The van der Waals surface area contributed by atoms with Crippen LogP contribution in [-0.4, -0.2) is 16.5 Å². The molecule has 4 aliphatic rings. The molecule has 0 spiro atoms. The van der Waals surface area contributed by atoms with Crippen molar-refractivity contribution in [2.24, 2.45) is 34.0 Å². The molecule has 2 nitrogen and oxygen atoms in total. The predicted molar refractivity (Wildman–Crippen MR) is 96.5 cm³/mol. The second kappa shape index (κ2) is 4.75. The largest absolute Gasteiger partial charge is 0.390 e. The highest BCUT2D eigenvalue weighted by molar-refractivity contribution is 5.89. The molecule has 4 rings (SSSR count). The van der Waals surface area contributed by atoms with Gasteiger partial charge in [0.2, 0.25) is 0 Å². The molecule has 0 aromatic heterocycles. The lowest BCUT2D eigenvalue weighted by Crippen LogP contribution is -2.55. The second-order valence-electron chi connectivity index (χ2n) is 10.5. The molecule has 0 saturated heterocycles. The van der Waals surface area contributed by atoms with E-state index in [2.05, 4.69) is 40.7 Å². The van der Waals surface area contributed by atoms with Gasteiger partial charge in [0.25, 0.3) is 0 Å². The van der Waals surface area contributed by atoms with Crippen LogP contribution in [0.15, 0.2) is 11.6 Å². The minimum Gasteiger partial charge on any atom is -0.390 e. The normalized spacial score (nSPS) is 53.0. The number of hydrogen-bond acceptors (Lipinski definition) is 2. The Kier molecular flexibility index (Phi) is 3.33. The van der Waals surface area contributed by atoms with Crippen LogP contribution in [0.3, 0.4) is 0 Å². The van der Waals surface area contributed by atoms with Crippen molar-refractivity contribution in [2.45, 2.75) is 85.2 Å². The van der Waals surface area contributed by atoms with Crippen LogP contribution < -0.4 is 0 Å². The monoisotopic (exact) mass is 330 g/mol. The first-order chi connectivity index (χ1) is 11.0. The zero-order valence-corrected chi connectivity index (χ0v) is 16.1. The van der Waals surface area contributed by atoms with Crippen molar-refractivity contribution in [1.82, 2.24) is 0 Å². The van der Waals surface area contributed by atoms with E-state index in [9.17, 15) is 9.90 Å². The van der Waals surface area contributed by atoms with Gasteiger partial charge in [0.15, 0.2) is 0 Å². The first-order valence-corrected chi connectivity index (χ1v) is 10.0. The summed E-state index contributed by atoms with van der Waals surface area (Å²) in [5.74, 6) is 2.45. The van der Waals surface area contributed by atoms with Crippen LogP contribution in [0.4, 0.5) is 0 Å². The minimum atomic E-state index is -0.505. The van der Waals surface area contributed by atoms with E-state index in [1.165, 1.54) is 18.4 Å². The van der Waals surface area contributed by atoms with Gasteiger partial charge in [0, 0.05) is 11.8 Å². The van der Waals surface area contributed by atoms with Gasteiger partial charge in [-0.3, -0.25) is 4.79 Å². The van der Waals surface area contributed by atoms with Crippen LogP contribution in [0, 0.1) is 34.0 Å². The lowest BCUT2D eigenvalue weighted by Gasteiger charge is -2.60. The Hall–Kier alpha value is -0.630. The summed E-state index contributed by atoms with van der Waals surface area (Å²) in [4.78, 5) is 12.5. The van der Waals surface area contributed by atoms with E-state index in [0.29, 0.717) is 23.5 Å². The van der Waals surface area contributed by atoms with E-state index in [1.54, 1.807) is 0 Å². The summed E-state index contributed by atoms with van der Waals surface area (Å²) in [6, 6.07) is 0. The Morgan fingerprint density at radius 3 is 2.38 bits per heavy atom. The number of fused-ring (bicyclic) bond motifs is 5. The van der Waals surface area contributed by atoms with E-state index in [1.807, 2.05) is 0 Å². The third kappa shape index (κ3) is 1.84. The van der Waals surface area contributed by atoms with Crippen LogP contribution >= 0.6 is 0 Å². The molecule has 4 aliphatic carbocycles. The SMILES string of the molecule is CC1(C)C(=O)CCC2(C)C1=CCC1C2CCC2(C)C1CC[C@]2(C)O. The van der Waals surface area contributed by atoms with Crippen molar-refractivity contribution in [2.75, 3.05) is 0 Å². The Balaban J connectivity index is 1.75. The van der Waals surface area contributed by atoms with Gasteiger partial charge in [0.1, 0.15) is 5.78 Å². The molecule has 0 aromatic rings. The standard InChI is InChI=1S/C22H34O2/c1-19(2)17-7-6-14-15(20(17,3)11-10-18(19)23)8-12-21(4)16(14)9-13-22(21,5)24/h7,14-16,24H,6,8-13H2,1-5H3/t14?,15?,16?,20?,21?,22-/m0/s1. The number of ketones is 1. The fourth-order valence-corrected chi connectivity index (χ4v) is 7.46. The summed E-state index contributed by atoms with van der Waals surface area (Å²) in [6.07, 6.45) is 9.81. The molecule has 0 heterocycles. The number of Topliss-reactive ketones (excluding diaryl/α,β-unsaturated/α-hetero) is 1. The van der Waals surface area contributed by atoms with Gasteiger partial charge in [0.05, 0.1) is 5.60 Å². The Bertz CT molecular complexity index is 613. The third-order valence-corrected chi connectivity index (χ3v) is 9.27. The Morgan fingerprint density at radius 1 is 1.00 bits per heavy atom. The van der Waals surface area contributed by atoms with Crippen molar-refractivity contribution in [3.8, 4) is 0 Å². The highest BCUT2D eigenvalue weighted by Gasteiger charge is 2.63. The molecule has 0 aliphatic heterocycles. The average molecular weight is 331 g/mol. The molecule has 3 fully saturated rings. The number of rotatable bonds is 0. The third-order valence-electron chi connectivity index (χ3n) is 9.27. The summed E-state index contributed by atoms with van der Waals surface area (Å²) in [7, 11) is 0. The number of allylic oxidation sites excluding steroid dienone is 2. The molecule has 1 N–H and O–H groups in total. The molecule has 6 atom stereocenters. The van der Waals surface area contributed by atoms with E-state index in [4.69, 9.17) is 0 Å². The average Bonchev–Trinajstić information content (AvgIpc) is 2.74. The first kappa shape index (κ1) is 16.8. The quantitative estimate of drug-likeness (QED) is 0.641. The summed E-state index contributed by atoms with van der Waals surface area (Å²) in [5, 5.41) is 11.0. The van der Waals surface area contributed by atoms with Crippen molar-refractivity contribution >= 4 is 5.78 Å². The lowest BCUT2D eigenvalue weighted by atomic mass is 9.44. The predicted octanol–water partition coefficient (Wildman–Crippen LogP) is 4.91. The van der Waals surface area contributed by atoms with Crippen LogP contribution in [0.5, 0.6) is 0 Å². The Morgan fingerprint density at radius 2 is 1.67 bits per heavy atom. The summed E-state index contributed by atoms with van der Waals surface area (Å²) in [6.45, 7) is 11.1. The van der Waals surface area contributed by atoms with Gasteiger partial charge < -0.3 is 5.11 Å². The molecular formula is C22H34O2. The molecule has 134 valence electrons. The lowest BCUT2D eigenvalue weighted by molar-refractivity contribution is -0.135. The van der Waals surface area contributed by atoms with E-state index in [-0.39, 0.29) is 16.2 Å². The summed E-state index contributed by atoms with van der Waals surface area (Å²) < 4.78 is 0. The van der Waals surface area contributed by atoms with E-state index >= 15 is 0 Å². The maximum Gasteiger partial charge on any atom is 0.142 e. The zero-order chi connectivity index (χ0) is 17.5. The van der Waals surface area contributed by atoms with Crippen LogP contribution in [0.1, 0.15) is 79.6 Å². The van der Waals surface area contributed by atoms with Gasteiger partial charge in [-0.25, -0.2) is 0 Å². The summed E-state index contributed by atoms with van der Waals surface area (Å²) >= 11 is 0. The molecule has 0 amide bonds. The zero-order valence-electron chi connectivity index (χ0n) is 16.1. The van der Waals surface area contributed by atoms with Crippen molar-refractivity contribution in [3.63, 3.8) is 0 Å². The fourth-order valence-electron chi connectivity index (χ4n) is 7.46. The number of hydrogen-bond donors (Lipinski definition) is 1. The summed E-state index contributed by atoms with van der Waals surface area (Å²) in [5.41, 5.74) is 0.919. The fraction of sp³-hybridized carbons (Fsp3) is 0.864. The minimum absolute atomic E-state index is 0.0792. The van der Waals surface area contributed by atoms with E-state index in [0.717, 1.165) is 32.1 Å². The Labute approximate surface area is 147 Å². The molecular weight excluding hydrogens is 296 g/mol. The van der Waals surface area contributed by atoms with Crippen molar-refractivity contribution in [3.05, 3.63) is 11.6 Å². The van der Waals surface area contributed by atoms with Gasteiger partial charge in [-0.1, -0.05) is 25.5 Å². The van der Waals surface area contributed by atoms with Crippen molar-refractivity contribution < 1.29 is 9.90 Å². The van der Waals surface area contributed by atoms with Crippen LogP contribution in [0.25, 0.3) is 0 Å². The molecule has 0 bridgehead atoms. The molecule has 24 heavy (non-hydrogen) atoms. The van der Waals surface area contributed by atoms with Crippen LogP contribution in [-0.2, 0) is 4.79 Å². The molecule has 0 aromatic carbocycles. The molecule has 2 heteroatoms. The topological polar surface area (TPSA) is 37.3 Å². The maximum atomic E-state index is 12.5. The van der Waals surface area contributed by atoms with Crippen molar-refractivity contribution in [1.29, 1.82) is 0 Å². The van der Waals surface area contributed by atoms with E-state index < -0.39 is 5.60 Å². The number of aliphatic hydroxyl groups is 1. The van der Waals surface area contributed by atoms with Gasteiger partial charge in [-0.2, -0.15) is 0 Å². The molecule has 3 saturated carbocycles. The number of carbonyl (C=O) groups excluding carboxylic acids is 1. The van der Waals surface area contributed by atoms with Crippen LogP contribution in [0.2, 0.25) is 0 Å². The number of carbonyl (C=O) groups is 1. The molecule has 0 radical (unpaired) electrons.